The molecule has 0 saturated heterocycles. The van der Waals surface area contributed by atoms with Gasteiger partial charge in [-0.05, 0) is 50.1 Å². The largest absolute Gasteiger partial charge is 0.310 e. The molecule has 2 aromatic carbocycles. The Hall–Kier alpha value is -2.71. The summed E-state index contributed by atoms with van der Waals surface area (Å²) in [6.07, 6.45) is 5.01. The van der Waals surface area contributed by atoms with Crippen molar-refractivity contribution in [3.63, 3.8) is 0 Å². The first-order chi connectivity index (χ1) is 14.9. The molecule has 8 heteroatoms. The van der Waals surface area contributed by atoms with Crippen molar-refractivity contribution in [2.24, 2.45) is 0 Å². The number of carbonyl (C=O) groups excluding carboxylic acids is 1. The SMILES string of the molecule is CCn1c(NC(=O)c2cccc(S(=O)(=O)N(C)C3CCCCC3)c2)nc2ccccc21. The lowest BCUT2D eigenvalue weighted by molar-refractivity contribution is 0.102. The number of carbonyl (C=O) groups is 1. The van der Waals surface area contributed by atoms with Gasteiger partial charge in [0.25, 0.3) is 5.91 Å². The van der Waals surface area contributed by atoms with Gasteiger partial charge in [0.05, 0.1) is 15.9 Å². The lowest BCUT2D eigenvalue weighted by Crippen LogP contribution is -2.38. The Bertz CT molecular complexity index is 1200. The minimum Gasteiger partial charge on any atom is -0.310 e. The van der Waals surface area contributed by atoms with Crippen LogP contribution in [-0.4, -0.2) is 41.3 Å². The highest BCUT2D eigenvalue weighted by molar-refractivity contribution is 7.89. The van der Waals surface area contributed by atoms with Crippen molar-refractivity contribution in [2.45, 2.75) is 56.5 Å². The predicted octanol–water partition coefficient (Wildman–Crippen LogP) is 4.26. The maximum Gasteiger partial charge on any atom is 0.258 e. The number of sulfonamides is 1. The summed E-state index contributed by atoms with van der Waals surface area (Å²) in [6.45, 7) is 2.63. The molecule has 1 N–H and O–H groups in total. The standard InChI is InChI=1S/C23H28N4O3S/c1-3-27-21-15-8-7-14-20(21)24-23(27)25-22(28)17-10-9-13-19(16-17)31(29,30)26(2)18-11-5-4-6-12-18/h7-10,13-16,18H,3-6,11-12H2,1-2H3,(H,24,25,28). The molecule has 0 atom stereocenters. The number of amides is 1. The van der Waals surface area contributed by atoms with Crippen LogP contribution in [0.5, 0.6) is 0 Å². The molecular formula is C23H28N4O3S. The fourth-order valence-corrected chi connectivity index (χ4v) is 5.73. The van der Waals surface area contributed by atoms with Crippen LogP contribution in [0.25, 0.3) is 11.0 Å². The van der Waals surface area contributed by atoms with Crippen molar-refractivity contribution < 1.29 is 13.2 Å². The fraction of sp³-hybridized carbons (Fsp3) is 0.391. The summed E-state index contributed by atoms with van der Waals surface area (Å²) in [4.78, 5) is 17.6. The molecule has 0 radical (unpaired) electrons. The van der Waals surface area contributed by atoms with Gasteiger partial charge in [-0.3, -0.25) is 10.1 Å². The van der Waals surface area contributed by atoms with Crippen molar-refractivity contribution in [1.29, 1.82) is 0 Å². The van der Waals surface area contributed by atoms with Crippen LogP contribution in [0.15, 0.2) is 53.4 Å². The average molecular weight is 441 g/mol. The summed E-state index contributed by atoms with van der Waals surface area (Å²) < 4.78 is 29.7. The van der Waals surface area contributed by atoms with E-state index < -0.39 is 10.0 Å². The highest BCUT2D eigenvalue weighted by atomic mass is 32.2. The third-order valence-corrected chi connectivity index (χ3v) is 7.96. The molecule has 1 fully saturated rings. The smallest absolute Gasteiger partial charge is 0.258 e. The van der Waals surface area contributed by atoms with Crippen molar-refractivity contribution >= 4 is 32.9 Å². The molecule has 3 aromatic rings. The van der Waals surface area contributed by atoms with Gasteiger partial charge in [-0.2, -0.15) is 4.31 Å². The highest BCUT2D eigenvalue weighted by Gasteiger charge is 2.29. The second-order valence-electron chi connectivity index (χ2n) is 7.96. The Kier molecular flexibility index (Phi) is 6.11. The highest BCUT2D eigenvalue weighted by Crippen LogP contribution is 2.27. The minimum absolute atomic E-state index is 0.0145. The summed E-state index contributed by atoms with van der Waals surface area (Å²) in [6, 6.07) is 13.9. The number of para-hydroxylation sites is 2. The van der Waals surface area contributed by atoms with Crippen LogP contribution in [0.4, 0.5) is 5.95 Å². The van der Waals surface area contributed by atoms with Crippen LogP contribution in [-0.2, 0) is 16.6 Å². The number of nitrogens with zero attached hydrogens (tertiary/aromatic N) is 3. The molecule has 1 aliphatic rings. The van der Waals surface area contributed by atoms with E-state index in [9.17, 15) is 13.2 Å². The monoisotopic (exact) mass is 440 g/mol. The van der Waals surface area contributed by atoms with Gasteiger partial charge in [-0.25, -0.2) is 13.4 Å². The fourth-order valence-electron chi connectivity index (χ4n) is 4.27. The van der Waals surface area contributed by atoms with Gasteiger partial charge in [0.1, 0.15) is 0 Å². The second-order valence-corrected chi connectivity index (χ2v) is 9.96. The van der Waals surface area contributed by atoms with Gasteiger partial charge >= 0.3 is 0 Å². The Morgan fingerprint density at radius 2 is 1.87 bits per heavy atom. The quantitative estimate of drug-likeness (QED) is 0.621. The molecule has 0 bridgehead atoms. The number of aryl methyl sites for hydroxylation is 1. The summed E-state index contributed by atoms with van der Waals surface area (Å²) in [5, 5.41) is 2.84. The van der Waals surface area contributed by atoms with Crippen molar-refractivity contribution in [3.8, 4) is 0 Å². The minimum atomic E-state index is -3.67. The van der Waals surface area contributed by atoms with Crippen LogP contribution in [0.1, 0.15) is 49.4 Å². The number of hydrogen-bond acceptors (Lipinski definition) is 4. The first kappa shape index (κ1) is 21.5. The normalized spacial score (nSPS) is 15.5. The molecule has 1 heterocycles. The van der Waals surface area contributed by atoms with Crippen molar-refractivity contribution in [3.05, 3.63) is 54.1 Å². The number of benzene rings is 2. The summed E-state index contributed by atoms with van der Waals surface area (Å²) in [5.41, 5.74) is 2.02. The van der Waals surface area contributed by atoms with Crippen molar-refractivity contribution in [1.82, 2.24) is 13.9 Å². The summed E-state index contributed by atoms with van der Waals surface area (Å²) in [5.74, 6) is 0.0589. The topological polar surface area (TPSA) is 84.3 Å². The van der Waals surface area contributed by atoms with Crippen LogP contribution < -0.4 is 5.32 Å². The number of aromatic nitrogens is 2. The number of fused-ring (bicyclic) bond motifs is 1. The van der Waals surface area contributed by atoms with Gasteiger partial charge in [0, 0.05) is 25.2 Å². The van der Waals surface area contributed by atoms with E-state index >= 15 is 0 Å². The molecule has 7 nitrogen and oxygen atoms in total. The molecule has 0 spiro atoms. The second kappa shape index (κ2) is 8.80. The van der Waals surface area contributed by atoms with E-state index in [0.29, 0.717) is 12.5 Å². The Labute approximate surface area is 183 Å². The molecule has 1 aromatic heterocycles. The van der Waals surface area contributed by atoms with Gasteiger partial charge in [0.15, 0.2) is 0 Å². The third kappa shape index (κ3) is 4.22. The van der Waals surface area contributed by atoms with Gasteiger partial charge in [-0.1, -0.05) is 37.5 Å². The number of imidazole rings is 1. The van der Waals surface area contributed by atoms with Gasteiger partial charge < -0.3 is 4.57 Å². The van der Waals surface area contributed by atoms with Gasteiger partial charge in [-0.15, -0.1) is 0 Å². The Morgan fingerprint density at radius 1 is 1.13 bits per heavy atom. The van der Waals surface area contributed by atoms with Crippen LogP contribution in [0, 0.1) is 0 Å². The third-order valence-electron chi connectivity index (χ3n) is 6.06. The number of hydrogen-bond donors (Lipinski definition) is 1. The number of rotatable bonds is 6. The van der Waals surface area contributed by atoms with E-state index in [1.807, 2.05) is 35.8 Å². The zero-order valence-electron chi connectivity index (χ0n) is 17.9. The van der Waals surface area contributed by atoms with E-state index in [1.165, 1.54) is 10.4 Å². The number of nitrogens with one attached hydrogen (secondary N) is 1. The Morgan fingerprint density at radius 3 is 2.61 bits per heavy atom. The van der Waals surface area contributed by atoms with E-state index in [0.717, 1.165) is 43.1 Å². The van der Waals surface area contributed by atoms with Crippen LogP contribution >= 0.6 is 0 Å². The molecule has 1 amide bonds. The van der Waals surface area contributed by atoms with E-state index in [-0.39, 0.29) is 22.4 Å². The van der Waals surface area contributed by atoms with Crippen LogP contribution in [0.3, 0.4) is 0 Å². The molecule has 0 aliphatic heterocycles. The molecule has 31 heavy (non-hydrogen) atoms. The zero-order valence-corrected chi connectivity index (χ0v) is 18.7. The predicted molar refractivity (Wildman–Crippen MR) is 122 cm³/mol. The first-order valence-electron chi connectivity index (χ1n) is 10.8. The summed E-state index contributed by atoms with van der Waals surface area (Å²) >= 11 is 0. The molecule has 0 unspecified atom stereocenters. The van der Waals surface area contributed by atoms with E-state index in [1.54, 1.807) is 25.2 Å². The molecule has 4 rings (SSSR count). The van der Waals surface area contributed by atoms with E-state index in [2.05, 4.69) is 10.3 Å². The zero-order chi connectivity index (χ0) is 22.0. The molecule has 1 saturated carbocycles. The molecule has 1 aliphatic carbocycles. The summed E-state index contributed by atoms with van der Waals surface area (Å²) in [7, 11) is -2.03. The van der Waals surface area contributed by atoms with E-state index in [4.69, 9.17) is 0 Å². The molecular weight excluding hydrogens is 412 g/mol. The lowest BCUT2D eigenvalue weighted by atomic mass is 9.96. The number of anilines is 1. The maximum atomic E-state index is 13.2. The van der Waals surface area contributed by atoms with Crippen LogP contribution in [0.2, 0.25) is 0 Å². The molecule has 164 valence electrons. The lowest BCUT2D eigenvalue weighted by Gasteiger charge is -2.30. The first-order valence-corrected chi connectivity index (χ1v) is 12.2. The van der Waals surface area contributed by atoms with Gasteiger partial charge in [0.2, 0.25) is 16.0 Å². The Balaban J connectivity index is 1.59. The maximum absolute atomic E-state index is 13.2. The average Bonchev–Trinajstić information content (AvgIpc) is 3.16. The van der Waals surface area contributed by atoms with Crippen molar-refractivity contribution in [2.75, 3.05) is 12.4 Å².